The molecule has 0 unspecified atom stereocenters. The molecule has 2 N–H and O–H groups in total. The van der Waals surface area contributed by atoms with Gasteiger partial charge in [-0.25, -0.2) is 17.9 Å². The summed E-state index contributed by atoms with van der Waals surface area (Å²) in [5, 5.41) is 10.6. The lowest BCUT2D eigenvalue weighted by Gasteiger charge is -2.06. The van der Waals surface area contributed by atoms with Crippen molar-refractivity contribution < 1.29 is 8.42 Å². The number of H-pyrrole nitrogens is 1. The van der Waals surface area contributed by atoms with Crippen LogP contribution >= 0.6 is 0 Å². The second-order valence-corrected chi connectivity index (χ2v) is 5.73. The molecular weight excluding hydrogens is 268 g/mol. The van der Waals surface area contributed by atoms with Crippen molar-refractivity contribution in [2.24, 2.45) is 0 Å². The van der Waals surface area contributed by atoms with Crippen LogP contribution in [-0.4, -0.2) is 39.5 Å². The van der Waals surface area contributed by atoms with Crippen molar-refractivity contribution in [1.82, 2.24) is 24.8 Å². The maximum Gasteiger partial charge on any atom is 0.255 e. The summed E-state index contributed by atoms with van der Waals surface area (Å²) < 4.78 is 26.3. The topological polar surface area (TPSA) is 105 Å². The highest BCUT2D eigenvalue weighted by molar-refractivity contribution is 7.91. The van der Waals surface area contributed by atoms with Gasteiger partial charge in [-0.05, 0) is 12.1 Å². The van der Waals surface area contributed by atoms with Crippen molar-refractivity contribution in [3.05, 3.63) is 30.7 Å². The Morgan fingerprint density at radius 2 is 2.26 bits per heavy atom. The van der Waals surface area contributed by atoms with Crippen LogP contribution in [-0.2, 0) is 10.0 Å². The number of nitrogens with zero attached hydrogens (tertiary/aromatic N) is 4. The molecule has 0 aliphatic rings. The Bertz CT molecular complexity index is 821. The summed E-state index contributed by atoms with van der Waals surface area (Å²) in [4.78, 5) is 4.22. The standard InChI is InChI=1S/C10H10N6O2S/c1-19(17,18)15-10-13-9(7-5-11-12-6-7)8-3-2-4-16(8)14-10/h2-6H,1H3,(H,11,12)(H,14,15). The Hall–Kier alpha value is -2.42. The average molecular weight is 278 g/mol. The van der Waals surface area contributed by atoms with Crippen LogP contribution in [0.2, 0.25) is 0 Å². The zero-order valence-electron chi connectivity index (χ0n) is 9.90. The largest absolute Gasteiger partial charge is 0.285 e. The lowest BCUT2D eigenvalue weighted by atomic mass is 10.2. The van der Waals surface area contributed by atoms with E-state index in [1.54, 1.807) is 29.2 Å². The van der Waals surface area contributed by atoms with Crippen LogP contribution in [0.5, 0.6) is 0 Å². The van der Waals surface area contributed by atoms with Gasteiger partial charge < -0.3 is 0 Å². The Labute approximate surface area is 108 Å². The van der Waals surface area contributed by atoms with Crippen LogP contribution < -0.4 is 4.72 Å². The van der Waals surface area contributed by atoms with Gasteiger partial charge in [-0.3, -0.25) is 9.82 Å². The van der Waals surface area contributed by atoms with Gasteiger partial charge in [-0.2, -0.15) is 5.10 Å². The third kappa shape index (κ3) is 2.27. The molecular formula is C10H10N6O2S. The Morgan fingerprint density at radius 3 is 2.95 bits per heavy atom. The first-order valence-corrected chi connectivity index (χ1v) is 7.24. The van der Waals surface area contributed by atoms with Crippen molar-refractivity contribution in [3.8, 4) is 11.3 Å². The summed E-state index contributed by atoms with van der Waals surface area (Å²) in [6, 6.07) is 3.64. The molecule has 3 heterocycles. The van der Waals surface area contributed by atoms with E-state index in [-0.39, 0.29) is 5.95 Å². The molecule has 0 saturated heterocycles. The maximum absolute atomic E-state index is 11.3. The molecule has 0 aromatic carbocycles. The highest BCUT2D eigenvalue weighted by Gasteiger charge is 2.12. The minimum atomic E-state index is -3.43. The van der Waals surface area contributed by atoms with Crippen LogP contribution in [0.15, 0.2) is 30.7 Å². The van der Waals surface area contributed by atoms with Gasteiger partial charge in [0.05, 0.1) is 18.0 Å². The summed E-state index contributed by atoms with van der Waals surface area (Å²) in [6.45, 7) is 0. The van der Waals surface area contributed by atoms with E-state index >= 15 is 0 Å². The second-order valence-electron chi connectivity index (χ2n) is 3.98. The molecule has 98 valence electrons. The predicted octanol–water partition coefficient (Wildman–Crippen LogP) is 0.491. The van der Waals surface area contributed by atoms with Crippen LogP contribution in [0.3, 0.4) is 0 Å². The number of hydrogen-bond donors (Lipinski definition) is 2. The van der Waals surface area contributed by atoms with Gasteiger partial charge >= 0.3 is 0 Å². The molecule has 9 heteroatoms. The Kier molecular flexibility index (Phi) is 2.49. The highest BCUT2D eigenvalue weighted by atomic mass is 32.2. The van der Waals surface area contributed by atoms with Gasteiger partial charge in [0.25, 0.3) is 5.95 Å². The first-order chi connectivity index (χ1) is 9.03. The van der Waals surface area contributed by atoms with E-state index < -0.39 is 10.0 Å². The van der Waals surface area contributed by atoms with E-state index in [0.717, 1.165) is 17.3 Å². The monoisotopic (exact) mass is 278 g/mol. The van der Waals surface area contributed by atoms with Crippen molar-refractivity contribution in [2.75, 3.05) is 11.0 Å². The van der Waals surface area contributed by atoms with E-state index in [0.29, 0.717) is 5.69 Å². The molecule has 0 amide bonds. The first-order valence-electron chi connectivity index (χ1n) is 5.35. The molecule has 0 bridgehead atoms. The van der Waals surface area contributed by atoms with E-state index in [9.17, 15) is 8.42 Å². The van der Waals surface area contributed by atoms with Crippen molar-refractivity contribution in [2.45, 2.75) is 0 Å². The van der Waals surface area contributed by atoms with Crippen molar-refractivity contribution in [1.29, 1.82) is 0 Å². The van der Waals surface area contributed by atoms with Gasteiger partial charge in [-0.1, -0.05) is 0 Å². The molecule has 3 aromatic heterocycles. The number of anilines is 1. The lowest BCUT2D eigenvalue weighted by molar-refractivity contribution is 0.606. The van der Waals surface area contributed by atoms with Gasteiger partial charge in [-0.15, -0.1) is 5.10 Å². The molecule has 0 aliphatic heterocycles. The predicted molar refractivity (Wildman–Crippen MR) is 69.0 cm³/mol. The SMILES string of the molecule is CS(=O)(=O)Nc1nc(-c2cn[nH]c2)c2cccn2n1. The first kappa shape index (κ1) is 11.7. The van der Waals surface area contributed by atoms with Crippen LogP contribution in [0.25, 0.3) is 16.8 Å². The number of nitrogens with one attached hydrogen (secondary N) is 2. The summed E-state index contributed by atoms with van der Waals surface area (Å²) >= 11 is 0. The fourth-order valence-electron chi connectivity index (χ4n) is 1.74. The molecule has 0 fully saturated rings. The van der Waals surface area contributed by atoms with E-state index in [1.165, 1.54) is 0 Å². The second kappa shape index (κ2) is 4.05. The smallest absolute Gasteiger partial charge is 0.255 e. The number of aromatic nitrogens is 5. The van der Waals surface area contributed by atoms with Crippen molar-refractivity contribution in [3.63, 3.8) is 0 Å². The maximum atomic E-state index is 11.3. The number of sulfonamides is 1. The quantitative estimate of drug-likeness (QED) is 0.725. The number of hydrogen-bond acceptors (Lipinski definition) is 5. The molecule has 8 nitrogen and oxygen atoms in total. The fourth-order valence-corrected chi connectivity index (χ4v) is 2.15. The minimum absolute atomic E-state index is 0.0161. The molecule has 3 aromatic rings. The van der Waals surface area contributed by atoms with E-state index in [1.807, 2.05) is 6.07 Å². The number of rotatable bonds is 3. The summed E-state index contributed by atoms with van der Waals surface area (Å²) in [7, 11) is -3.43. The normalized spacial score (nSPS) is 11.8. The van der Waals surface area contributed by atoms with Crippen LogP contribution in [0.4, 0.5) is 5.95 Å². The third-order valence-corrected chi connectivity index (χ3v) is 2.99. The van der Waals surface area contributed by atoms with E-state index in [4.69, 9.17) is 0 Å². The van der Waals surface area contributed by atoms with Gasteiger partial charge in [0.2, 0.25) is 10.0 Å². The summed E-state index contributed by atoms with van der Waals surface area (Å²) in [5.41, 5.74) is 2.11. The van der Waals surface area contributed by atoms with Gasteiger partial charge in [0, 0.05) is 18.0 Å². The molecule has 0 radical (unpaired) electrons. The van der Waals surface area contributed by atoms with Crippen LogP contribution in [0, 0.1) is 0 Å². The molecule has 0 saturated carbocycles. The molecule has 0 spiro atoms. The Morgan fingerprint density at radius 1 is 1.42 bits per heavy atom. The zero-order chi connectivity index (χ0) is 13.5. The molecule has 0 atom stereocenters. The molecule has 19 heavy (non-hydrogen) atoms. The van der Waals surface area contributed by atoms with Crippen molar-refractivity contribution >= 4 is 21.5 Å². The zero-order valence-corrected chi connectivity index (χ0v) is 10.7. The number of aromatic amines is 1. The average Bonchev–Trinajstić information content (AvgIpc) is 2.96. The molecule has 0 aliphatic carbocycles. The van der Waals surface area contributed by atoms with E-state index in [2.05, 4.69) is 25.0 Å². The van der Waals surface area contributed by atoms with Gasteiger partial charge in [0.15, 0.2) is 0 Å². The summed E-state index contributed by atoms with van der Waals surface area (Å²) in [5.74, 6) is 0.0161. The highest BCUT2D eigenvalue weighted by Crippen LogP contribution is 2.22. The van der Waals surface area contributed by atoms with Crippen LogP contribution in [0.1, 0.15) is 0 Å². The summed E-state index contributed by atoms with van der Waals surface area (Å²) in [6.07, 6.45) is 6.06. The van der Waals surface area contributed by atoms with Gasteiger partial charge in [0.1, 0.15) is 5.69 Å². The Balaban J connectivity index is 2.22. The molecule has 3 rings (SSSR count). The lowest BCUT2D eigenvalue weighted by Crippen LogP contribution is -2.14. The fraction of sp³-hybridized carbons (Fsp3) is 0.100. The third-order valence-electron chi connectivity index (χ3n) is 2.44. The number of fused-ring (bicyclic) bond motifs is 1. The minimum Gasteiger partial charge on any atom is -0.285 e.